The lowest BCUT2D eigenvalue weighted by molar-refractivity contribution is 0.380. The molecule has 0 saturated heterocycles. The van der Waals surface area contributed by atoms with Gasteiger partial charge in [0.1, 0.15) is 11.6 Å². The number of benzene rings is 6. The number of hydrogen-bond donors (Lipinski definition) is 0. The van der Waals surface area contributed by atoms with Gasteiger partial charge < -0.3 is 9.80 Å². The Morgan fingerprint density at radius 3 is 1.69 bits per heavy atom. The van der Waals surface area contributed by atoms with Crippen LogP contribution in [0.5, 0.6) is 0 Å². The van der Waals surface area contributed by atoms with Crippen LogP contribution in [0.1, 0.15) is 68.4 Å². The predicted octanol–water partition coefficient (Wildman–Crippen LogP) is 13.7. The number of hydrogen-bond acceptors (Lipinski definition) is 2. The zero-order valence-corrected chi connectivity index (χ0v) is 31.7. The Morgan fingerprint density at radius 2 is 1.09 bits per heavy atom. The van der Waals surface area contributed by atoms with Crippen molar-refractivity contribution in [1.29, 1.82) is 0 Å². The SMILES string of the molecule is CC1=CC(N(c2ccccc2)c2ccc(F)cc2)=CC2C1c1ccc3c(c1C2(C)C)C(C)(C)c1cc(N(c2ccccc2)c2ccc(F)cc2)cc(C)c1-3. The second-order valence-corrected chi connectivity index (χ2v) is 16.3. The number of halogens is 2. The van der Waals surface area contributed by atoms with Gasteiger partial charge in [-0.25, -0.2) is 8.78 Å². The van der Waals surface area contributed by atoms with Gasteiger partial charge in [-0.05, 0) is 155 Å². The van der Waals surface area contributed by atoms with Crippen LogP contribution in [0, 0.1) is 24.5 Å². The summed E-state index contributed by atoms with van der Waals surface area (Å²) in [5, 5.41) is 0. The Hall–Kier alpha value is -5.74. The first-order chi connectivity index (χ1) is 25.9. The average molecular weight is 711 g/mol. The molecule has 2 nitrogen and oxygen atoms in total. The Kier molecular flexibility index (Phi) is 7.83. The first-order valence-electron chi connectivity index (χ1n) is 18.9. The maximum Gasteiger partial charge on any atom is 0.123 e. The molecule has 6 aromatic carbocycles. The van der Waals surface area contributed by atoms with E-state index in [9.17, 15) is 8.78 Å². The van der Waals surface area contributed by atoms with E-state index in [4.69, 9.17) is 0 Å². The van der Waals surface area contributed by atoms with Crippen LogP contribution in [0.4, 0.5) is 37.2 Å². The molecule has 2 unspecified atom stereocenters. The van der Waals surface area contributed by atoms with Crippen LogP contribution in [0.15, 0.2) is 157 Å². The summed E-state index contributed by atoms with van der Waals surface area (Å²) in [6.07, 6.45) is 4.80. The molecular formula is C50H44F2N2. The van der Waals surface area contributed by atoms with E-state index in [2.05, 4.69) is 124 Å². The van der Waals surface area contributed by atoms with Crippen molar-refractivity contribution in [2.24, 2.45) is 5.92 Å². The van der Waals surface area contributed by atoms with Gasteiger partial charge in [-0.3, -0.25) is 0 Å². The van der Waals surface area contributed by atoms with E-state index in [-0.39, 0.29) is 34.3 Å². The summed E-state index contributed by atoms with van der Waals surface area (Å²) < 4.78 is 28.3. The smallest absolute Gasteiger partial charge is 0.123 e. The molecule has 2 atom stereocenters. The lowest BCUT2D eigenvalue weighted by Crippen LogP contribution is -2.31. The van der Waals surface area contributed by atoms with Gasteiger partial charge >= 0.3 is 0 Å². The highest BCUT2D eigenvalue weighted by molar-refractivity contribution is 5.89. The van der Waals surface area contributed by atoms with Crippen LogP contribution in [-0.4, -0.2) is 0 Å². The summed E-state index contributed by atoms with van der Waals surface area (Å²) in [4.78, 5) is 4.49. The highest BCUT2D eigenvalue weighted by Crippen LogP contribution is 2.63. The van der Waals surface area contributed by atoms with Crippen LogP contribution in [0.2, 0.25) is 0 Å². The maximum atomic E-state index is 14.2. The fraction of sp³-hybridized carbons (Fsp3) is 0.200. The summed E-state index contributed by atoms with van der Waals surface area (Å²) in [7, 11) is 0. The fourth-order valence-corrected chi connectivity index (χ4v) is 9.84. The monoisotopic (exact) mass is 710 g/mol. The summed E-state index contributed by atoms with van der Waals surface area (Å²) in [6.45, 7) is 14.1. The van der Waals surface area contributed by atoms with E-state index < -0.39 is 0 Å². The highest BCUT2D eigenvalue weighted by Gasteiger charge is 2.52. The molecule has 0 fully saturated rings. The number of allylic oxidation sites excluding steroid dienone is 3. The third-order valence-corrected chi connectivity index (χ3v) is 12.2. The highest BCUT2D eigenvalue weighted by atomic mass is 19.1. The first-order valence-corrected chi connectivity index (χ1v) is 18.9. The topological polar surface area (TPSA) is 6.48 Å². The average Bonchev–Trinajstić information content (AvgIpc) is 3.54. The van der Waals surface area contributed by atoms with Crippen LogP contribution in [-0.2, 0) is 10.8 Å². The molecule has 0 saturated carbocycles. The Balaban J connectivity index is 1.18. The van der Waals surface area contributed by atoms with Crippen molar-refractivity contribution in [2.45, 2.75) is 58.3 Å². The van der Waals surface area contributed by atoms with Gasteiger partial charge in [0.15, 0.2) is 0 Å². The van der Waals surface area contributed by atoms with E-state index in [0.717, 1.165) is 34.1 Å². The summed E-state index contributed by atoms with van der Waals surface area (Å²) >= 11 is 0. The van der Waals surface area contributed by atoms with E-state index in [1.165, 1.54) is 56.6 Å². The zero-order chi connectivity index (χ0) is 37.5. The normalized spacial score (nSPS) is 18.5. The molecular weight excluding hydrogens is 667 g/mol. The minimum Gasteiger partial charge on any atom is -0.311 e. The zero-order valence-electron chi connectivity index (χ0n) is 31.7. The molecule has 0 bridgehead atoms. The Bertz CT molecular complexity index is 2480. The number of rotatable bonds is 6. The van der Waals surface area contributed by atoms with E-state index >= 15 is 0 Å². The van der Waals surface area contributed by atoms with Gasteiger partial charge in [0.2, 0.25) is 0 Å². The Morgan fingerprint density at radius 1 is 0.556 bits per heavy atom. The number of para-hydroxylation sites is 2. The van der Waals surface area contributed by atoms with Crippen molar-refractivity contribution >= 4 is 28.4 Å². The van der Waals surface area contributed by atoms with Gasteiger partial charge in [0, 0.05) is 45.5 Å². The molecule has 0 aromatic heterocycles. The predicted molar refractivity (Wildman–Crippen MR) is 219 cm³/mol. The largest absolute Gasteiger partial charge is 0.311 e. The molecule has 9 rings (SSSR count). The van der Waals surface area contributed by atoms with Gasteiger partial charge in [-0.2, -0.15) is 0 Å². The summed E-state index contributed by atoms with van der Waals surface area (Å²) in [5.41, 5.74) is 16.4. The lowest BCUT2D eigenvalue weighted by atomic mass is 9.69. The van der Waals surface area contributed by atoms with Crippen molar-refractivity contribution < 1.29 is 8.78 Å². The molecule has 6 aromatic rings. The molecule has 0 amide bonds. The molecule has 0 heterocycles. The maximum absolute atomic E-state index is 14.2. The van der Waals surface area contributed by atoms with Gasteiger partial charge in [0.25, 0.3) is 0 Å². The molecule has 0 radical (unpaired) electrons. The lowest BCUT2D eigenvalue weighted by Gasteiger charge is -2.37. The van der Waals surface area contributed by atoms with Crippen LogP contribution in [0.25, 0.3) is 11.1 Å². The van der Waals surface area contributed by atoms with Crippen molar-refractivity contribution in [3.8, 4) is 11.1 Å². The quantitative estimate of drug-likeness (QED) is 0.170. The number of nitrogens with zero attached hydrogens (tertiary/aromatic N) is 2. The first kappa shape index (κ1) is 34.1. The number of aryl methyl sites for hydroxylation is 1. The molecule has 4 heteroatoms. The minimum absolute atomic E-state index is 0.183. The van der Waals surface area contributed by atoms with Gasteiger partial charge in [0.05, 0.1) is 0 Å². The number of fused-ring (bicyclic) bond motifs is 7. The van der Waals surface area contributed by atoms with Gasteiger partial charge in [-0.1, -0.05) is 87.9 Å². The fourth-order valence-electron chi connectivity index (χ4n) is 9.84. The molecule has 54 heavy (non-hydrogen) atoms. The van der Waals surface area contributed by atoms with Gasteiger partial charge in [-0.15, -0.1) is 0 Å². The van der Waals surface area contributed by atoms with E-state index in [1.54, 1.807) is 12.1 Å². The van der Waals surface area contributed by atoms with Crippen molar-refractivity contribution in [1.82, 2.24) is 0 Å². The Labute approximate surface area is 317 Å². The molecule has 268 valence electrons. The molecule has 0 aliphatic heterocycles. The molecule has 3 aliphatic rings. The summed E-state index contributed by atoms with van der Waals surface area (Å²) in [6, 6.07) is 43.7. The molecule has 0 spiro atoms. The molecule has 0 N–H and O–H groups in total. The van der Waals surface area contributed by atoms with Crippen molar-refractivity contribution in [3.05, 3.63) is 196 Å². The second kappa shape index (κ2) is 12.4. The van der Waals surface area contributed by atoms with E-state index in [1.807, 2.05) is 48.5 Å². The van der Waals surface area contributed by atoms with E-state index in [0.29, 0.717) is 0 Å². The third kappa shape index (κ3) is 5.18. The van der Waals surface area contributed by atoms with Crippen LogP contribution >= 0.6 is 0 Å². The van der Waals surface area contributed by atoms with Crippen LogP contribution in [0.3, 0.4) is 0 Å². The molecule has 3 aliphatic carbocycles. The summed E-state index contributed by atoms with van der Waals surface area (Å²) in [5.74, 6) is -0.0284. The van der Waals surface area contributed by atoms with Crippen molar-refractivity contribution in [2.75, 3.05) is 9.80 Å². The second-order valence-electron chi connectivity index (χ2n) is 16.3. The minimum atomic E-state index is -0.277. The van der Waals surface area contributed by atoms with Crippen LogP contribution < -0.4 is 9.80 Å². The van der Waals surface area contributed by atoms with Crippen molar-refractivity contribution in [3.63, 3.8) is 0 Å². The number of anilines is 5. The standard InChI is InChI=1S/C50H44F2N2/c1-31-27-39(53(35-13-9-7-10-14-35)37-21-17-33(51)18-22-37)29-43-45(31)41-25-26-42-46-32(2)28-40(30-44(46)50(5,6)48(42)47(41)49(43,3)4)54(36-15-11-8-12-16-36)38-23-19-34(52)20-24-38/h7-30,43,45H,1-6H3. The third-order valence-electron chi connectivity index (χ3n) is 12.2.